The van der Waals surface area contributed by atoms with Gasteiger partial charge >= 0.3 is 0 Å². The average molecular weight is 379 g/mol. The van der Waals surface area contributed by atoms with Gasteiger partial charge in [0.2, 0.25) is 0 Å². The fourth-order valence-electron chi connectivity index (χ4n) is 2.89. The van der Waals surface area contributed by atoms with Crippen molar-refractivity contribution in [1.29, 1.82) is 0 Å². The third kappa shape index (κ3) is 3.33. The molecule has 1 amide bonds. The predicted molar refractivity (Wildman–Crippen MR) is 94.2 cm³/mol. The lowest BCUT2D eigenvalue weighted by Gasteiger charge is -2.34. The summed E-state index contributed by atoms with van der Waals surface area (Å²) in [5.74, 6) is 0.110. The van der Waals surface area contributed by atoms with Gasteiger partial charge in [0.1, 0.15) is 0 Å². The molecule has 0 spiro atoms. The van der Waals surface area contributed by atoms with Crippen molar-refractivity contribution in [3.05, 3.63) is 56.8 Å². The van der Waals surface area contributed by atoms with E-state index in [-0.39, 0.29) is 22.4 Å². The molecule has 0 atom stereocenters. The molecule has 0 saturated carbocycles. The van der Waals surface area contributed by atoms with Crippen molar-refractivity contribution in [2.75, 3.05) is 26.2 Å². The van der Waals surface area contributed by atoms with Gasteiger partial charge in [-0.05, 0) is 23.7 Å². The lowest BCUT2D eigenvalue weighted by atomic mass is 10.2. The Balaban J connectivity index is 1.40. The number of hydrogen-bond donors (Lipinski definition) is 0. The van der Waals surface area contributed by atoms with E-state index in [4.69, 9.17) is 16.0 Å². The second-order valence-corrected chi connectivity index (χ2v) is 7.06. The van der Waals surface area contributed by atoms with Gasteiger partial charge in [0.15, 0.2) is 15.9 Å². The number of fused-ring (bicyclic) bond motifs is 1. The highest BCUT2D eigenvalue weighted by atomic mass is 35.5. The second-order valence-electron chi connectivity index (χ2n) is 5.81. The fourth-order valence-corrected chi connectivity index (χ4v) is 3.78. The first-order valence-electron chi connectivity index (χ1n) is 7.83. The molecule has 0 N–H and O–H groups in total. The summed E-state index contributed by atoms with van der Waals surface area (Å²) >= 11 is 7.16. The molecule has 0 aromatic carbocycles. The molecule has 130 valence electrons. The van der Waals surface area contributed by atoms with Crippen molar-refractivity contribution in [3.8, 4) is 0 Å². The van der Waals surface area contributed by atoms with E-state index >= 15 is 0 Å². The number of hydrogen-bond acceptors (Lipinski definition) is 6. The standard InChI is InChI=1S/C16H15ClN4O3S/c17-13-2-1-12(24-13)15(23)20-5-3-19(4-6-20)10-11-9-14(22)21-7-8-25-16(21)18-11/h1-2,7-9H,3-6,10H2. The molecule has 1 aliphatic heterocycles. The molecule has 7 nitrogen and oxygen atoms in total. The van der Waals surface area contributed by atoms with Crippen LogP contribution in [0.1, 0.15) is 16.2 Å². The van der Waals surface area contributed by atoms with E-state index in [0.717, 1.165) is 5.69 Å². The molecular weight excluding hydrogens is 364 g/mol. The Morgan fingerprint density at radius 1 is 1.28 bits per heavy atom. The number of nitrogens with zero attached hydrogens (tertiary/aromatic N) is 4. The summed E-state index contributed by atoms with van der Waals surface area (Å²) in [6, 6.07) is 4.72. The van der Waals surface area contributed by atoms with Gasteiger partial charge in [-0.2, -0.15) is 0 Å². The molecule has 0 aliphatic carbocycles. The maximum absolute atomic E-state index is 12.3. The Labute approximate surface area is 152 Å². The van der Waals surface area contributed by atoms with Crippen LogP contribution in [-0.2, 0) is 6.54 Å². The first kappa shape index (κ1) is 16.3. The molecule has 0 radical (unpaired) electrons. The number of aromatic nitrogens is 2. The first-order chi connectivity index (χ1) is 12.1. The minimum Gasteiger partial charge on any atom is -0.440 e. The fraction of sp³-hybridized carbons (Fsp3) is 0.312. The number of carbonyl (C=O) groups excluding carboxylic acids is 1. The van der Waals surface area contributed by atoms with Crippen LogP contribution in [0.15, 0.2) is 39.0 Å². The van der Waals surface area contributed by atoms with Gasteiger partial charge in [-0.15, -0.1) is 11.3 Å². The summed E-state index contributed by atoms with van der Waals surface area (Å²) in [6.07, 6.45) is 1.73. The zero-order valence-electron chi connectivity index (χ0n) is 13.2. The topological polar surface area (TPSA) is 71.1 Å². The smallest absolute Gasteiger partial charge is 0.289 e. The Morgan fingerprint density at radius 2 is 2.08 bits per heavy atom. The van der Waals surface area contributed by atoms with Crippen LogP contribution >= 0.6 is 22.9 Å². The van der Waals surface area contributed by atoms with E-state index in [0.29, 0.717) is 37.7 Å². The maximum atomic E-state index is 12.3. The Bertz CT molecular complexity index is 971. The molecule has 3 aromatic heterocycles. The molecule has 3 aromatic rings. The van der Waals surface area contributed by atoms with Gasteiger partial charge in [0, 0.05) is 50.4 Å². The van der Waals surface area contributed by atoms with Gasteiger partial charge in [-0.25, -0.2) is 4.98 Å². The first-order valence-corrected chi connectivity index (χ1v) is 9.09. The third-order valence-electron chi connectivity index (χ3n) is 4.19. The van der Waals surface area contributed by atoms with Gasteiger partial charge < -0.3 is 9.32 Å². The normalized spacial score (nSPS) is 15.8. The van der Waals surface area contributed by atoms with E-state index in [1.165, 1.54) is 11.3 Å². The summed E-state index contributed by atoms with van der Waals surface area (Å²) < 4.78 is 6.72. The molecule has 1 saturated heterocycles. The van der Waals surface area contributed by atoms with Crippen molar-refractivity contribution in [2.24, 2.45) is 0 Å². The van der Waals surface area contributed by atoms with E-state index in [9.17, 15) is 9.59 Å². The van der Waals surface area contributed by atoms with Crippen LogP contribution in [0, 0.1) is 0 Å². The number of amides is 1. The summed E-state index contributed by atoms with van der Waals surface area (Å²) in [5.41, 5.74) is 0.690. The Kier molecular flexibility index (Phi) is 4.32. The van der Waals surface area contributed by atoms with Crippen molar-refractivity contribution in [1.82, 2.24) is 19.2 Å². The van der Waals surface area contributed by atoms with Crippen LogP contribution in [0.5, 0.6) is 0 Å². The molecule has 4 rings (SSSR count). The summed E-state index contributed by atoms with van der Waals surface area (Å²) in [4.78, 5) is 33.5. The molecule has 25 heavy (non-hydrogen) atoms. The van der Waals surface area contributed by atoms with Crippen LogP contribution in [-0.4, -0.2) is 51.3 Å². The molecule has 9 heteroatoms. The van der Waals surface area contributed by atoms with Gasteiger partial charge in [-0.3, -0.25) is 18.9 Å². The van der Waals surface area contributed by atoms with E-state index in [1.54, 1.807) is 33.7 Å². The van der Waals surface area contributed by atoms with Gasteiger partial charge in [0.25, 0.3) is 11.5 Å². The molecule has 0 bridgehead atoms. The average Bonchev–Trinajstić information content (AvgIpc) is 3.24. The monoisotopic (exact) mass is 378 g/mol. The summed E-state index contributed by atoms with van der Waals surface area (Å²) in [7, 11) is 0. The van der Waals surface area contributed by atoms with Crippen LogP contribution in [0.3, 0.4) is 0 Å². The summed E-state index contributed by atoms with van der Waals surface area (Å²) in [6.45, 7) is 3.21. The Morgan fingerprint density at radius 3 is 2.80 bits per heavy atom. The third-order valence-corrected chi connectivity index (χ3v) is 5.15. The van der Waals surface area contributed by atoms with Crippen LogP contribution < -0.4 is 5.56 Å². The highest BCUT2D eigenvalue weighted by Gasteiger charge is 2.24. The van der Waals surface area contributed by atoms with Crippen molar-refractivity contribution < 1.29 is 9.21 Å². The molecule has 1 aliphatic rings. The molecule has 0 unspecified atom stereocenters. The van der Waals surface area contributed by atoms with E-state index < -0.39 is 0 Å². The number of furan rings is 1. The van der Waals surface area contributed by atoms with Crippen LogP contribution in [0.4, 0.5) is 0 Å². The van der Waals surface area contributed by atoms with Gasteiger partial charge in [-0.1, -0.05) is 0 Å². The molecule has 1 fully saturated rings. The predicted octanol–water partition coefficient (Wildman–Crippen LogP) is 1.96. The number of carbonyl (C=O) groups is 1. The molecule has 4 heterocycles. The van der Waals surface area contributed by atoms with Crippen molar-refractivity contribution >= 4 is 33.8 Å². The van der Waals surface area contributed by atoms with Crippen molar-refractivity contribution in [2.45, 2.75) is 6.54 Å². The summed E-state index contributed by atoms with van der Waals surface area (Å²) in [5, 5.41) is 2.06. The largest absolute Gasteiger partial charge is 0.440 e. The second kappa shape index (κ2) is 6.62. The lowest BCUT2D eigenvalue weighted by Crippen LogP contribution is -2.48. The highest BCUT2D eigenvalue weighted by molar-refractivity contribution is 7.15. The Hall–Kier alpha value is -2.16. The zero-order chi connectivity index (χ0) is 17.4. The van der Waals surface area contributed by atoms with E-state index in [2.05, 4.69) is 9.88 Å². The zero-order valence-corrected chi connectivity index (χ0v) is 14.8. The quantitative estimate of drug-likeness (QED) is 0.696. The molecular formula is C16H15ClN4O3S. The van der Waals surface area contributed by atoms with E-state index in [1.807, 2.05) is 5.38 Å². The number of halogens is 1. The lowest BCUT2D eigenvalue weighted by molar-refractivity contribution is 0.0596. The minimum absolute atomic E-state index is 0.0650. The minimum atomic E-state index is -0.150. The number of rotatable bonds is 3. The number of piperazine rings is 1. The van der Waals surface area contributed by atoms with Crippen LogP contribution in [0.25, 0.3) is 4.96 Å². The SMILES string of the molecule is O=C(c1ccc(Cl)o1)N1CCN(Cc2cc(=O)n3ccsc3n2)CC1. The maximum Gasteiger partial charge on any atom is 0.289 e. The van der Waals surface area contributed by atoms with Crippen molar-refractivity contribution in [3.63, 3.8) is 0 Å². The van der Waals surface area contributed by atoms with Gasteiger partial charge in [0.05, 0.1) is 5.69 Å². The highest BCUT2D eigenvalue weighted by Crippen LogP contribution is 2.16. The number of thiazole rings is 1. The van der Waals surface area contributed by atoms with Crippen LogP contribution in [0.2, 0.25) is 5.22 Å².